The van der Waals surface area contributed by atoms with E-state index >= 15 is 0 Å². The molecule has 0 bridgehead atoms. The molecule has 4 heteroatoms. The Labute approximate surface area is 325 Å². The summed E-state index contributed by atoms with van der Waals surface area (Å²) >= 11 is 0. The Bertz CT molecular complexity index is 3150. The normalized spacial score (nSPS) is 16.7. The van der Waals surface area contributed by atoms with E-state index in [-0.39, 0.29) is 5.41 Å². The van der Waals surface area contributed by atoms with E-state index in [9.17, 15) is 0 Å². The van der Waals surface area contributed by atoms with Crippen LogP contribution < -0.4 is 4.74 Å². The Morgan fingerprint density at radius 1 is 0.482 bits per heavy atom. The lowest BCUT2D eigenvalue weighted by Crippen LogP contribution is -2.35. The van der Waals surface area contributed by atoms with E-state index in [0.717, 1.165) is 61.5 Å². The number of ether oxygens (including phenoxy) is 1. The SMILES string of the molecule is CC1(C)c2ccccc2-c2cc3c(cc21)Oc1ccccc1C31c2ccccc2C=Cc2ccc(-c3ccc4c(c3)c3cccnc3n4-c3ccccn3)cc21. The van der Waals surface area contributed by atoms with Gasteiger partial charge in [-0.1, -0.05) is 117 Å². The van der Waals surface area contributed by atoms with E-state index in [4.69, 9.17) is 14.7 Å². The quantitative estimate of drug-likeness (QED) is 0.179. The molecule has 56 heavy (non-hydrogen) atoms. The zero-order valence-corrected chi connectivity index (χ0v) is 31.0. The van der Waals surface area contributed by atoms with Crippen molar-refractivity contribution >= 4 is 34.1 Å². The van der Waals surface area contributed by atoms with Crippen molar-refractivity contribution in [1.29, 1.82) is 0 Å². The Morgan fingerprint density at radius 3 is 2.09 bits per heavy atom. The number of hydrogen-bond donors (Lipinski definition) is 0. The summed E-state index contributed by atoms with van der Waals surface area (Å²) in [4.78, 5) is 9.55. The fraction of sp³-hybridized carbons (Fsp3) is 0.0769. The minimum Gasteiger partial charge on any atom is -0.457 e. The summed E-state index contributed by atoms with van der Waals surface area (Å²) in [7, 11) is 0. The second-order valence-corrected chi connectivity index (χ2v) is 15.8. The van der Waals surface area contributed by atoms with Crippen LogP contribution in [0.5, 0.6) is 11.5 Å². The van der Waals surface area contributed by atoms with Crippen LogP contribution in [0.3, 0.4) is 0 Å². The highest BCUT2D eigenvalue weighted by atomic mass is 16.5. The molecule has 3 aliphatic rings. The lowest BCUT2D eigenvalue weighted by Gasteiger charge is -2.43. The molecule has 1 unspecified atom stereocenters. The highest BCUT2D eigenvalue weighted by Gasteiger charge is 2.49. The fourth-order valence-corrected chi connectivity index (χ4v) is 10.1. The van der Waals surface area contributed by atoms with Gasteiger partial charge in [0.25, 0.3) is 0 Å². The third-order valence-corrected chi connectivity index (χ3v) is 12.6. The Balaban J connectivity index is 1.15. The minimum absolute atomic E-state index is 0.156. The van der Waals surface area contributed by atoms with Crippen LogP contribution in [0, 0.1) is 0 Å². The van der Waals surface area contributed by atoms with Gasteiger partial charge in [0.15, 0.2) is 0 Å². The summed E-state index contributed by atoms with van der Waals surface area (Å²) in [6, 6.07) is 55.3. The molecule has 1 spiro atoms. The molecule has 0 N–H and O–H groups in total. The first-order chi connectivity index (χ1) is 27.5. The molecule has 0 amide bonds. The molecular formula is C52H35N3O. The van der Waals surface area contributed by atoms with Gasteiger partial charge in [0.05, 0.1) is 10.9 Å². The predicted octanol–water partition coefficient (Wildman–Crippen LogP) is 12.5. The van der Waals surface area contributed by atoms with Gasteiger partial charge in [-0.15, -0.1) is 0 Å². The Kier molecular flexibility index (Phi) is 6.29. The molecule has 0 saturated carbocycles. The second kappa shape index (κ2) is 11.2. The average molecular weight is 718 g/mol. The second-order valence-electron chi connectivity index (χ2n) is 15.8. The Hall–Kier alpha value is -7.04. The maximum atomic E-state index is 7.00. The number of nitrogens with zero attached hydrogens (tertiary/aromatic N) is 3. The molecule has 0 saturated heterocycles. The van der Waals surface area contributed by atoms with Crippen molar-refractivity contribution in [3.63, 3.8) is 0 Å². The summed E-state index contributed by atoms with van der Waals surface area (Å²) in [6.07, 6.45) is 8.28. The van der Waals surface area contributed by atoms with Gasteiger partial charge in [-0.25, -0.2) is 9.97 Å². The monoisotopic (exact) mass is 717 g/mol. The Morgan fingerprint density at radius 2 is 1.21 bits per heavy atom. The van der Waals surface area contributed by atoms with Crippen molar-refractivity contribution in [3.8, 4) is 39.6 Å². The third kappa shape index (κ3) is 4.08. The zero-order valence-electron chi connectivity index (χ0n) is 31.0. The third-order valence-electron chi connectivity index (χ3n) is 12.6. The highest BCUT2D eigenvalue weighted by molar-refractivity contribution is 6.09. The van der Waals surface area contributed by atoms with Gasteiger partial charge in [-0.2, -0.15) is 0 Å². The maximum absolute atomic E-state index is 7.00. The summed E-state index contributed by atoms with van der Waals surface area (Å²) in [5.41, 5.74) is 15.8. The van der Waals surface area contributed by atoms with E-state index in [2.05, 4.69) is 158 Å². The molecule has 264 valence electrons. The van der Waals surface area contributed by atoms with Crippen LogP contribution in [0.25, 0.3) is 62.2 Å². The first-order valence-electron chi connectivity index (χ1n) is 19.3. The van der Waals surface area contributed by atoms with E-state index in [0.29, 0.717) is 0 Å². The van der Waals surface area contributed by atoms with E-state index in [1.54, 1.807) is 0 Å². The smallest absolute Gasteiger partial charge is 0.146 e. The number of fused-ring (bicyclic) bond motifs is 14. The molecule has 0 radical (unpaired) electrons. The molecule has 3 aromatic heterocycles. The van der Waals surface area contributed by atoms with E-state index < -0.39 is 5.41 Å². The van der Waals surface area contributed by atoms with Gasteiger partial charge >= 0.3 is 0 Å². The molecule has 4 nitrogen and oxygen atoms in total. The molecule has 0 fully saturated rings. The van der Waals surface area contributed by atoms with Crippen LogP contribution in [0.4, 0.5) is 0 Å². The van der Waals surface area contributed by atoms with Crippen LogP contribution in [-0.4, -0.2) is 14.5 Å². The lowest BCUT2D eigenvalue weighted by molar-refractivity contribution is 0.433. The van der Waals surface area contributed by atoms with Crippen molar-refractivity contribution in [3.05, 3.63) is 209 Å². The van der Waals surface area contributed by atoms with Crippen LogP contribution in [0.1, 0.15) is 58.4 Å². The van der Waals surface area contributed by atoms with Crippen molar-refractivity contribution in [2.75, 3.05) is 0 Å². The highest BCUT2D eigenvalue weighted by Crippen LogP contribution is 2.61. The first kappa shape index (κ1) is 31.3. The van der Waals surface area contributed by atoms with Gasteiger partial charge in [0.1, 0.15) is 23.0 Å². The van der Waals surface area contributed by atoms with Gasteiger partial charge in [0.2, 0.25) is 0 Å². The number of benzene rings is 6. The van der Waals surface area contributed by atoms with Crippen molar-refractivity contribution < 1.29 is 4.74 Å². The lowest BCUT2D eigenvalue weighted by atomic mass is 9.61. The van der Waals surface area contributed by atoms with Gasteiger partial charge in [-0.05, 0) is 116 Å². The topological polar surface area (TPSA) is 39.9 Å². The summed E-state index contributed by atoms with van der Waals surface area (Å²) in [5.74, 6) is 2.65. The van der Waals surface area contributed by atoms with Crippen molar-refractivity contribution in [1.82, 2.24) is 14.5 Å². The van der Waals surface area contributed by atoms with Crippen LogP contribution in [0.15, 0.2) is 164 Å². The molecule has 9 aromatic rings. The number of para-hydroxylation sites is 1. The summed E-state index contributed by atoms with van der Waals surface area (Å²) in [6.45, 7) is 4.67. The molecular weight excluding hydrogens is 683 g/mol. The average Bonchev–Trinajstić information content (AvgIpc) is 3.63. The largest absolute Gasteiger partial charge is 0.457 e. The fourth-order valence-electron chi connectivity index (χ4n) is 10.1. The molecule has 1 atom stereocenters. The number of hydrogen-bond acceptors (Lipinski definition) is 3. The standard InChI is InChI=1S/C52H35N3O/c1-51(2)41-16-6-4-13-36(41)38-30-45-48(31-44(38)51)56-47-18-8-7-17-42(47)52(45)40-15-5-3-12-32(40)20-21-33-22-23-35(29-43(33)52)34-24-25-46-39(28-34)37-14-11-27-54-50(37)55(46)49-19-9-10-26-53-49/h3-31H,1-2H3. The van der Waals surface area contributed by atoms with Crippen LogP contribution in [-0.2, 0) is 10.8 Å². The zero-order chi connectivity index (χ0) is 37.2. The number of pyridine rings is 2. The summed E-state index contributed by atoms with van der Waals surface area (Å²) < 4.78 is 9.16. The van der Waals surface area contributed by atoms with Gasteiger partial charge in [0, 0.05) is 39.7 Å². The molecule has 1 aliphatic heterocycles. The van der Waals surface area contributed by atoms with Gasteiger partial charge < -0.3 is 4.74 Å². The van der Waals surface area contributed by atoms with Crippen molar-refractivity contribution in [2.24, 2.45) is 0 Å². The maximum Gasteiger partial charge on any atom is 0.146 e. The summed E-state index contributed by atoms with van der Waals surface area (Å²) in [5, 5.41) is 2.24. The molecule has 6 aromatic carbocycles. The van der Waals surface area contributed by atoms with E-state index in [1.807, 2.05) is 36.7 Å². The van der Waals surface area contributed by atoms with E-state index in [1.165, 1.54) is 44.5 Å². The molecule has 12 rings (SSSR count). The van der Waals surface area contributed by atoms with Gasteiger partial charge in [-0.3, -0.25) is 4.57 Å². The number of aromatic nitrogens is 3. The predicted molar refractivity (Wildman–Crippen MR) is 227 cm³/mol. The van der Waals surface area contributed by atoms with Crippen LogP contribution in [0.2, 0.25) is 0 Å². The van der Waals surface area contributed by atoms with Crippen LogP contribution >= 0.6 is 0 Å². The molecule has 4 heterocycles. The molecule has 2 aliphatic carbocycles. The first-order valence-corrected chi connectivity index (χ1v) is 19.3. The number of rotatable bonds is 2. The minimum atomic E-state index is -0.671. The van der Waals surface area contributed by atoms with Crippen molar-refractivity contribution in [2.45, 2.75) is 24.7 Å².